The van der Waals surface area contributed by atoms with Crippen molar-refractivity contribution in [2.75, 3.05) is 5.32 Å². The normalized spacial score (nSPS) is 11.1. The molecule has 9 heteroatoms. The summed E-state index contributed by atoms with van der Waals surface area (Å²) in [5.74, 6) is 0.710. The monoisotopic (exact) mass is 419 g/mol. The van der Waals surface area contributed by atoms with Gasteiger partial charge in [-0.3, -0.25) is 4.98 Å². The van der Waals surface area contributed by atoms with Gasteiger partial charge >= 0.3 is 0 Å². The molecule has 0 saturated carbocycles. The van der Waals surface area contributed by atoms with Gasteiger partial charge in [0.05, 0.1) is 29.5 Å². The summed E-state index contributed by atoms with van der Waals surface area (Å²) in [5, 5.41) is 12.3. The molecule has 142 valence electrons. The van der Waals surface area contributed by atoms with Crippen LogP contribution in [0.2, 0.25) is 5.02 Å². The van der Waals surface area contributed by atoms with E-state index in [0.29, 0.717) is 23.0 Å². The fourth-order valence-electron chi connectivity index (χ4n) is 2.97. The van der Waals surface area contributed by atoms with E-state index in [1.165, 1.54) is 6.33 Å². The number of nitrogens with one attached hydrogen (secondary N) is 1. The van der Waals surface area contributed by atoms with Crippen LogP contribution < -0.4 is 5.32 Å². The summed E-state index contributed by atoms with van der Waals surface area (Å²) in [6.07, 6.45) is 6.81. The van der Waals surface area contributed by atoms with E-state index in [1.807, 2.05) is 41.8 Å². The summed E-state index contributed by atoms with van der Waals surface area (Å²) in [4.78, 5) is 17.5. The van der Waals surface area contributed by atoms with Crippen molar-refractivity contribution in [2.45, 2.75) is 6.54 Å². The molecule has 0 atom stereocenters. The molecule has 29 heavy (non-hydrogen) atoms. The molecule has 7 nitrogen and oxygen atoms in total. The number of thiazole rings is 1. The molecule has 0 aliphatic rings. The zero-order valence-electron chi connectivity index (χ0n) is 15.0. The molecule has 0 bridgehead atoms. The van der Waals surface area contributed by atoms with Crippen molar-refractivity contribution in [1.82, 2.24) is 29.7 Å². The van der Waals surface area contributed by atoms with Gasteiger partial charge in [0.2, 0.25) is 0 Å². The van der Waals surface area contributed by atoms with Gasteiger partial charge in [-0.2, -0.15) is 5.10 Å². The molecule has 5 rings (SSSR count). The maximum atomic E-state index is 6.11. The minimum absolute atomic E-state index is 0.552. The molecular weight excluding hydrogens is 406 g/mol. The second-order valence-corrected chi connectivity index (χ2v) is 7.52. The summed E-state index contributed by atoms with van der Waals surface area (Å²) in [7, 11) is 0. The second kappa shape index (κ2) is 7.57. The van der Waals surface area contributed by atoms with Crippen LogP contribution in [0.3, 0.4) is 0 Å². The number of hydrogen-bond donors (Lipinski definition) is 1. The lowest BCUT2D eigenvalue weighted by molar-refractivity contribution is 0.895. The Labute approximate surface area is 175 Å². The van der Waals surface area contributed by atoms with Gasteiger partial charge in [0, 0.05) is 28.4 Å². The van der Waals surface area contributed by atoms with Crippen LogP contribution >= 0.6 is 22.9 Å². The molecule has 0 fully saturated rings. The number of fused-ring (bicyclic) bond motifs is 1. The third-order valence-corrected chi connectivity index (χ3v) is 5.51. The average molecular weight is 420 g/mol. The lowest BCUT2D eigenvalue weighted by atomic mass is 10.3. The number of nitrogens with zero attached hydrogens (tertiary/aromatic N) is 6. The summed E-state index contributed by atoms with van der Waals surface area (Å²) in [6, 6.07) is 11.4. The molecule has 0 spiro atoms. The van der Waals surface area contributed by atoms with E-state index in [9.17, 15) is 0 Å². The van der Waals surface area contributed by atoms with Crippen molar-refractivity contribution >= 4 is 39.8 Å². The molecule has 4 heterocycles. The fourth-order valence-corrected chi connectivity index (χ4v) is 3.98. The van der Waals surface area contributed by atoms with Gasteiger partial charge in [-0.15, -0.1) is 11.3 Å². The van der Waals surface area contributed by atoms with E-state index in [2.05, 4.69) is 30.4 Å². The van der Waals surface area contributed by atoms with Crippen molar-refractivity contribution in [3.8, 4) is 16.3 Å². The Bertz CT molecular complexity index is 1280. The Morgan fingerprint density at radius 2 is 2.00 bits per heavy atom. The van der Waals surface area contributed by atoms with Gasteiger partial charge in [-0.25, -0.2) is 19.6 Å². The van der Waals surface area contributed by atoms with Gasteiger partial charge in [0.25, 0.3) is 0 Å². The Balaban J connectivity index is 1.40. The fraction of sp³-hybridized carbons (Fsp3) is 0.0500. The van der Waals surface area contributed by atoms with E-state index in [1.54, 1.807) is 34.6 Å². The number of pyridine rings is 1. The highest BCUT2D eigenvalue weighted by molar-refractivity contribution is 7.13. The van der Waals surface area contributed by atoms with E-state index in [4.69, 9.17) is 11.6 Å². The molecular formula is C20H14ClN7S. The van der Waals surface area contributed by atoms with E-state index >= 15 is 0 Å². The summed E-state index contributed by atoms with van der Waals surface area (Å²) in [6.45, 7) is 0.552. The van der Waals surface area contributed by atoms with Crippen molar-refractivity contribution in [2.24, 2.45) is 0 Å². The topological polar surface area (TPSA) is 81.4 Å². The highest BCUT2D eigenvalue weighted by Crippen LogP contribution is 2.25. The number of anilines is 1. The highest BCUT2D eigenvalue weighted by Gasteiger charge is 2.12. The maximum absolute atomic E-state index is 6.11. The number of aromatic nitrogens is 6. The Morgan fingerprint density at radius 3 is 2.86 bits per heavy atom. The van der Waals surface area contributed by atoms with Crippen LogP contribution in [0.1, 0.15) is 5.69 Å². The number of halogens is 1. The standard InChI is InChI=1S/C20H14ClN7S/c21-14-2-1-3-16(8-14)28-19-17(10-26-28)18(24-12-25-19)23-9-15-11-29-20(27-15)13-4-6-22-7-5-13/h1-8,10-12H,9H2,(H,23,24,25). The minimum atomic E-state index is 0.552. The third kappa shape index (κ3) is 3.55. The summed E-state index contributed by atoms with van der Waals surface area (Å²) >= 11 is 7.72. The van der Waals surface area contributed by atoms with Crippen LogP contribution in [0, 0.1) is 0 Å². The first-order valence-corrected chi connectivity index (χ1v) is 10.1. The zero-order chi connectivity index (χ0) is 19.6. The molecule has 0 aliphatic carbocycles. The largest absolute Gasteiger partial charge is 0.364 e. The zero-order valence-corrected chi connectivity index (χ0v) is 16.6. The van der Waals surface area contributed by atoms with Gasteiger partial charge in [-0.1, -0.05) is 17.7 Å². The van der Waals surface area contributed by atoms with E-state index in [0.717, 1.165) is 27.3 Å². The van der Waals surface area contributed by atoms with Crippen molar-refractivity contribution in [1.29, 1.82) is 0 Å². The SMILES string of the molecule is Clc1cccc(-n2ncc3c(NCc4csc(-c5ccncc5)n4)ncnc32)c1. The average Bonchev–Trinajstić information content (AvgIpc) is 3.40. The molecule has 0 unspecified atom stereocenters. The Kier molecular flexibility index (Phi) is 4.63. The summed E-state index contributed by atoms with van der Waals surface area (Å²) < 4.78 is 1.75. The molecule has 0 saturated heterocycles. The van der Waals surface area contributed by atoms with Gasteiger partial charge in [0.15, 0.2) is 5.65 Å². The van der Waals surface area contributed by atoms with E-state index < -0.39 is 0 Å². The highest BCUT2D eigenvalue weighted by atomic mass is 35.5. The molecule has 1 aromatic carbocycles. The lowest BCUT2D eigenvalue weighted by Gasteiger charge is -2.06. The van der Waals surface area contributed by atoms with Crippen LogP contribution in [0.15, 0.2) is 66.7 Å². The maximum Gasteiger partial charge on any atom is 0.168 e. The van der Waals surface area contributed by atoms with Crippen LogP contribution in [-0.4, -0.2) is 29.7 Å². The van der Waals surface area contributed by atoms with Crippen LogP contribution in [0.25, 0.3) is 27.3 Å². The summed E-state index contributed by atoms with van der Waals surface area (Å²) in [5.41, 5.74) is 3.55. The molecule has 0 amide bonds. The number of benzene rings is 1. The van der Waals surface area contributed by atoms with Gasteiger partial charge in [0.1, 0.15) is 17.2 Å². The quantitative estimate of drug-likeness (QED) is 0.448. The molecule has 0 radical (unpaired) electrons. The molecule has 0 aliphatic heterocycles. The minimum Gasteiger partial charge on any atom is -0.364 e. The predicted molar refractivity (Wildman–Crippen MR) is 114 cm³/mol. The first-order chi connectivity index (χ1) is 14.3. The van der Waals surface area contributed by atoms with Crippen LogP contribution in [-0.2, 0) is 6.54 Å². The van der Waals surface area contributed by atoms with Crippen molar-refractivity contribution < 1.29 is 0 Å². The smallest absolute Gasteiger partial charge is 0.168 e. The van der Waals surface area contributed by atoms with Gasteiger partial charge in [-0.05, 0) is 30.3 Å². The Morgan fingerprint density at radius 1 is 1.10 bits per heavy atom. The second-order valence-electron chi connectivity index (χ2n) is 6.23. The number of rotatable bonds is 5. The first kappa shape index (κ1) is 17.7. The first-order valence-electron chi connectivity index (χ1n) is 8.81. The van der Waals surface area contributed by atoms with Crippen molar-refractivity contribution in [3.63, 3.8) is 0 Å². The van der Waals surface area contributed by atoms with Crippen LogP contribution in [0.4, 0.5) is 5.82 Å². The van der Waals surface area contributed by atoms with Crippen molar-refractivity contribution in [3.05, 3.63) is 77.4 Å². The van der Waals surface area contributed by atoms with Gasteiger partial charge < -0.3 is 5.32 Å². The lowest BCUT2D eigenvalue weighted by Crippen LogP contribution is -2.03. The van der Waals surface area contributed by atoms with Crippen LogP contribution in [0.5, 0.6) is 0 Å². The molecule has 1 N–H and O–H groups in total. The molecule has 4 aromatic heterocycles. The predicted octanol–water partition coefficient (Wildman–Crippen LogP) is 4.60. The third-order valence-electron chi connectivity index (χ3n) is 4.33. The number of hydrogen-bond acceptors (Lipinski definition) is 7. The van der Waals surface area contributed by atoms with E-state index in [-0.39, 0.29) is 0 Å². The molecule has 5 aromatic rings. The Hall–Kier alpha value is -3.36.